The number of carbonyl (C=O) groups excluding carboxylic acids is 2. The highest BCUT2D eigenvalue weighted by Gasteiger charge is 2.28. The Bertz CT molecular complexity index is 327. The molecule has 0 fully saturated rings. The second-order valence-corrected chi connectivity index (χ2v) is 6.61. The van der Waals surface area contributed by atoms with E-state index in [1.54, 1.807) is 46.4 Å². The number of rotatable bonds is 5. The van der Waals surface area contributed by atoms with Crippen LogP contribution in [0.2, 0.25) is 0 Å². The molecule has 2 N–H and O–H groups in total. The third-order valence-corrected chi connectivity index (χ3v) is 2.67. The predicted molar refractivity (Wildman–Crippen MR) is 75.6 cm³/mol. The Kier molecular flexibility index (Phi) is 6.00. The van der Waals surface area contributed by atoms with E-state index in [0.29, 0.717) is 6.54 Å². The molecule has 1 atom stereocenters. The fourth-order valence-corrected chi connectivity index (χ4v) is 1.56. The highest BCUT2D eigenvalue weighted by atomic mass is 16.3. The van der Waals surface area contributed by atoms with Crippen LogP contribution in [0.4, 0.5) is 0 Å². The molecule has 19 heavy (non-hydrogen) atoms. The van der Waals surface area contributed by atoms with E-state index in [-0.39, 0.29) is 18.4 Å². The van der Waals surface area contributed by atoms with Crippen molar-refractivity contribution in [1.82, 2.24) is 10.2 Å². The molecule has 112 valence electrons. The third kappa shape index (κ3) is 6.57. The maximum absolute atomic E-state index is 12.2. The van der Waals surface area contributed by atoms with Crippen molar-refractivity contribution in [3.8, 4) is 0 Å². The zero-order chi connectivity index (χ0) is 15.4. The Morgan fingerprint density at radius 2 is 1.68 bits per heavy atom. The molecule has 0 heterocycles. The summed E-state index contributed by atoms with van der Waals surface area (Å²) in [5, 5.41) is 12.5. The van der Waals surface area contributed by atoms with Crippen LogP contribution in [0.25, 0.3) is 0 Å². The van der Waals surface area contributed by atoms with Crippen LogP contribution in [0.3, 0.4) is 0 Å². The van der Waals surface area contributed by atoms with E-state index >= 15 is 0 Å². The van der Waals surface area contributed by atoms with E-state index in [1.807, 2.05) is 6.92 Å². The molecule has 0 aromatic carbocycles. The number of hydrogen-bond acceptors (Lipinski definition) is 3. The minimum atomic E-state index is -0.945. The first-order valence-corrected chi connectivity index (χ1v) is 6.70. The first-order valence-electron chi connectivity index (χ1n) is 6.70. The van der Waals surface area contributed by atoms with Gasteiger partial charge in [0.2, 0.25) is 11.8 Å². The molecular weight excluding hydrogens is 244 g/mol. The Morgan fingerprint density at radius 1 is 1.21 bits per heavy atom. The quantitative estimate of drug-likeness (QED) is 0.789. The van der Waals surface area contributed by atoms with Gasteiger partial charge in [-0.05, 0) is 27.7 Å². The van der Waals surface area contributed by atoms with Crippen molar-refractivity contribution < 1.29 is 14.7 Å². The molecule has 0 rings (SSSR count). The summed E-state index contributed by atoms with van der Waals surface area (Å²) in [6.07, 6.45) is 0. The summed E-state index contributed by atoms with van der Waals surface area (Å²) >= 11 is 0. The molecule has 0 aliphatic heterocycles. The van der Waals surface area contributed by atoms with Gasteiger partial charge < -0.3 is 15.3 Å². The van der Waals surface area contributed by atoms with E-state index in [4.69, 9.17) is 0 Å². The first-order chi connectivity index (χ1) is 8.38. The lowest BCUT2D eigenvalue weighted by molar-refractivity contribution is -0.140. The number of aliphatic hydroxyl groups is 1. The summed E-state index contributed by atoms with van der Waals surface area (Å²) in [6, 6.07) is -0.589. The molecule has 2 amide bonds. The first kappa shape index (κ1) is 17.9. The van der Waals surface area contributed by atoms with Gasteiger partial charge in [0.15, 0.2) is 0 Å². The molecule has 0 saturated heterocycles. The van der Waals surface area contributed by atoms with E-state index in [1.165, 1.54) is 0 Å². The summed E-state index contributed by atoms with van der Waals surface area (Å²) < 4.78 is 0. The van der Waals surface area contributed by atoms with E-state index in [9.17, 15) is 14.7 Å². The van der Waals surface area contributed by atoms with E-state index in [0.717, 1.165) is 0 Å². The van der Waals surface area contributed by atoms with Crippen LogP contribution < -0.4 is 5.32 Å². The van der Waals surface area contributed by atoms with Crippen molar-refractivity contribution >= 4 is 11.8 Å². The topological polar surface area (TPSA) is 69.6 Å². The average Bonchev–Trinajstić information content (AvgIpc) is 2.22. The average molecular weight is 272 g/mol. The van der Waals surface area contributed by atoms with Crippen molar-refractivity contribution in [2.45, 2.75) is 60.1 Å². The number of carbonyl (C=O) groups is 2. The normalized spacial score (nSPS) is 13.9. The van der Waals surface area contributed by atoms with Gasteiger partial charge in [0, 0.05) is 18.5 Å². The predicted octanol–water partition coefficient (Wildman–Crippen LogP) is 1.16. The maximum atomic E-state index is 12.2. The molecule has 5 heteroatoms. The smallest absolute Gasteiger partial charge is 0.244 e. The minimum absolute atomic E-state index is 0.160. The van der Waals surface area contributed by atoms with Gasteiger partial charge in [0.05, 0.1) is 5.60 Å². The zero-order valence-corrected chi connectivity index (χ0v) is 13.2. The Balaban J connectivity index is 4.66. The molecule has 0 radical (unpaired) electrons. The third-order valence-electron chi connectivity index (χ3n) is 2.67. The summed E-state index contributed by atoms with van der Waals surface area (Å²) in [6.45, 7) is 13.0. The number of hydrogen-bond donors (Lipinski definition) is 2. The second kappa shape index (κ2) is 6.37. The van der Waals surface area contributed by atoms with Crippen molar-refractivity contribution in [1.29, 1.82) is 0 Å². The van der Waals surface area contributed by atoms with Crippen LogP contribution in [0.15, 0.2) is 0 Å². The van der Waals surface area contributed by atoms with Crippen LogP contribution in [0.5, 0.6) is 0 Å². The largest absolute Gasteiger partial charge is 0.389 e. The number of nitrogens with one attached hydrogen (secondary N) is 1. The monoisotopic (exact) mass is 272 g/mol. The van der Waals surface area contributed by atoms with Gasteiger partial charge in [-0.1, -0.05) is 20.8 Å². The van der Waals surface area contributed by atoms with Gasteiger partial charge in [0.1, 0.15) is 6.04 Å². The van der Waals surface area contributed by atoms with Crippen molar-refractivity contribution in [3.05, 3.63) is 0 Å². The highest BCUT2D eigenvalue weighted by molar-refractivity contribution is 5.89. The molecule has 1 unspecified atom stereocenters. The molecule has 0 saturated carbocycles. The molecule has 0 bridgehead atoms. The standard InChI is InChI=1S/C14H28N2O3/c1-8-16(9-14(6,7)19)11(17)10(2)15-12(18)13(3,4)5/h10,19H,8-9H2,1-7H3,(H,15,18). The molecule has 0 aromatic heterocycles. The van der Waals surface area contributed by atoms with Crippen molar-refractivity contribution in [2.75, 3.05) is 13.1 Å². The lowest BCUT2D eigenvalue weighted by Gasteiger charge is -2.31. The SMILES string of the molecule is CCN(CC(C)(C)O)C(=O)C(C)NC(=O)C(C)(C)C. The summed E-state index contributed by atoms with van der Waals surface area (Å²) in [5.41, 5.74) is -1.47. The van der Waals surface area contributed by atoms with Crippen LogP contribution >= 0.6 is 0 Å². The van der Waals surface area contributed by atoms with Gasteiger partial charge in [-0.2, -0.15) is 0 Å². The summed E-state index contributed by atoms with van der Waals surface area (Å²) in [4.78, 5) is 25.6. The van der Waals surface area contributed by atoms with Crippen LogP contribution in [0, 0.1) is 5.41 Å². The summed E-state index contributed by atoms with van der Waals surface area (Å²) in [5.74, 6) is -0.338. The van der Waals surface area contributed by atoms with Crippen molar-refractivity contribution in [2.24, 2.45) is 5.41 Å². The van der Waals surface area contributed by atoms with Crippen LogP contribution in [0.1, 0.15) is 48.5 Å². The van der Waals surface area contributed by atoms with Gasteiger partial charge >= 0.3 is 0 Å². The number of nitrogens with zero attached hydrogens (tertiary/aromatic N) is 1. The maximum Gasteiger partial charge on any atom is 0.244 e. The Hall–Kier alpha value is -1.10. The zero-order valence-electron chi connectivity index (χ0n) is 13.2. The fraction of sp³-hybridized carbons (Fsp3) is 0.857. The lowest BCUT2D eigenvalue weighted by atomic mass is 9.95. The molecule has 0 aliphatic carbocycles. The van der Waals surface area contributed by atoms with Crippen molar-refractivity contribution in [3.63, 3.8) is 0 Å². The Morgan fingerprint density at radius 3 is 2.00 bits per heavy atom. The van der Waals surface area contributed by atoms with Gasteiger partial charge in [-0.3, -0.25) is 9.59 Å². The Labute approximate surface area is 116 Å². The van der Waals surface area contributed by atoms with E-state index in [2.05, 4.69) is 5.32 Å². The van der Waals surface area contributed by atoms with E-state index < -0.39 is 17.1 Å². The van der Waals surface area contributed by atoms with Gasteiger partial charge in [-0.25, -0.2) is 0 Å². The molecule has 0 aromatic rings. The highest BCUT2D eigenvalue weighted by Crippen LogP contribution is 2.13. The summed E-state index contributed by atoms with van der Waals surface area (Å²) in [7, 11) is 0. The van der Waals surface area contributed by atoms with Gasteiger partial charge in [0.25, 0.3) is 0 Å². The molecular formula is C14H28N2O3. The van der Waals surface area contributed by atoms with Gasteiger partial charge in [-0.15, -0.1) is 0 Å². The fourth-order valence-electron chi connectivity index (χ4n) is 1.56. The van der Waals surface area contributed by atoms with Crippen LogP contribution in [-0.4, -0.2) is 46.6 Å². The molecule has 0 aliphatic rings. The molecule has 0 spiro atoms. The van der Waals surface area contributed by atoms with Crippen LogP contribution in [-0.2, 0) is 9.59 Å². The minimum Gasteiger partial charge on any atom is -0.389 e. The lowest BCUT2D eigenvalue weighted by Crippen LogP contribution is -2.52. The number of amides is 2. The second-order valence-electron chi connectivity index (χ2n) is 6.61. The molecule has 5 nitrogen and oxygen atoms in total. The number of likely N-dealkylation sites (N-methyl/N-ethyl adjacent to an activating group) is 1.